The van der Waals surface area contributed by atoms with E-state index in [2.05, 4.69) is 201 Å². The van der Waals surface area contributed by atoms with Crippen molar-refractivity contribution in [3.05, 3.63) is 182 Å². The van der Waals surface area contributed by atoms with Crippen molar-refractivity contribution in [2.45, 2.75) is 0 Å². The smallest absolute Gasteiger partial charge is 0.0628 e. The molecule has 0 spiro atoms. The molecule has 7 aromatic carbocycles. The highest BCUT2D eigenvalue weighted by Gasteiger charge is 2.20. The van der Waals surface area contributed by atoms with Gasteiger partial charge in [0.2, 0.25) is 0 Å². The van der Waals surface area contributed by atoms with Crippen molar-refractivity contribution in [3.63, 3.8) is 0 Å². The SMILES string of the molecule is c1ccc(-n2ccc3ccc4c(c5ccccc5n4-c4cccc(-n5c6ccccc6c6c7c(ccc65)ccn7-c5ccccc5)c4)c32)cc1. The number of aromatic nitrogens is 4. The number of rotatable bonds is 4. The van der Waals surface area contributed by atoms with Gasteiger partial charge in [-0.2, -0.15) is 0 Å². The van der Waals surface area contributed by atoms with Gasteiger partial charge in [-0.25, -0.2) is 0 Å². The third-order valence-electron chi connectivity index (χ3n) is 10.4. The summed E-state index contributed by atoms with van der Waals surface area (Å²) in [6.45, 7) is 0. The van der Waals surface area contributed by atoms with Crippen molar-refractivity contribution in [2.24, 2.45) is 0 Å². The maximum Gasteiger partial charge on any atom is 0.0628 e. The van der Waals surface area contributed by atoms with Gasteiger partial charge in [-0.3, -0.25) is 0 Å². The molecule has 11 rings (SSSR count). The molecule has 0 bridgehead atoms. The van der Waals surface area contributed by atoms with Gasteiger partial charge < -0.3 is 18.3 Å². The summed E-state index contributed by atoms with van der Waals surface area (Å²) in [6, 6.07) is 61.5. The van der Waals surface area contributed by atoms with Crippen LogP contribution in [-0.2, 0) is 0 Å². The maximum atomic E-state index is 2.43. The third kappa shape index (κ3) is 3.76. The van der Waals surface area contributed by atoms with E-state index in [4.69, 9.17) is 0 Å². The maximum absolute atomic E-state index is 2.43. The molecule has 0 N–H and O–H groups in total. The summed E-state index contributed by atoms with van der Waals surface area (Å²) in [7, 11) is 0. The Labute approximate surface area is 287 Å². The van der Waals surface area contributed by atoms with Gasteiger partial charge in [0.05, 0.1) is 33.1 Å². The van der Waals surface area contributed by atoms with Gasteiger partial charge in [-0.05, 0) is 78.9 Å². The molecule has 0 atom stereocenters. The van der Waals surface area contributed by atoms with Gasteiger partial charge in [-0.1, -0.05) is 91.0 Å². The molecule has 0 amide bonds. The zero-order valence-electron chi connectivity index (χ0n) is 27.1. The predicted molar refractivity (Wildman–Crippen MR) is 209 cm³/mol. The zero-order valence-corrected chi connectivity index (χ0v) is 27.1. The van der Waals surface area contributed by atoms with Crippen LogP contribution in [0.2, 0.25) is 0 Å². The summed E-state index contributed by atoms with van der Waals surface area (Å²) in [6.07, 6.45) is 4.39. The minimum Gasteiger partial charge on any atom is -0.316 e. The van der Waals surface area contributed by atoms with Crippen LogP contribution in [-0.4, -0.2) is 18.3 Å². The van der Waals surface area contributed by atoms with Crippen LogP contribution in [0.3, 0.4) is 0 Å². The molecule has 0 aliphatic carbocycles. The topological polar surface area (TPSA) is 19.7 Å². The normalized spacial score (nSPS) is 12.0. The number of fused-ring (bicyclic) bond motifs is 10. The van der Waals surface area contributed by atoms with Gasteiger partial charge in [0.25, 0.3) is 0 Å². The summed E-state index contributed by atoms with van der Waals surface area (Å²) in [5.74, 6) is 0. The molecule has 234 valence electrons. The fourth-order valence-corrected chi connectivity index (χ4v) is 8.30. The van der Waals surface area contributed by atoms with Crippen molar-refractivity contribution in [1.82, 2.24) is 18.3 Å². The molecule has 0 aliphatic heterocycles. The van der Waals surface area contributed by atoms with E-state index in [0.717, 1.165) is 22.7 Å². The first-order valence-electron chi connectivity index (χ1n) is 17.1. The van der Waals surface area contributed by atoms with E-state index in [-0.39, 0.29) is 0 Å². The van der Waals surface area contributed by atoms with Crippen molar-refractivity contribution in [3.8, 4) is 22.7 Å². The molecule has 0 saturated heterocycles. The van der Waals surface area contributed by atoms with E-state index in [1.807, 2.05) is 0 Å². The van der Waals surface area contributed by atoms with Crippen LogP contribution in [0.15, 0.2) is 182 Å². The van der Waals surface area contributed by atoms with Gasteiger partial charge >= 0.3 is 0 Å². The molecule has 11 aromatic rings. The van der Waals surface area contributed by atoms with Crippen LogP contribution in [0.1, 0.15) is 0 Å². The summed E-state index contributed by atoms with van der Waals surface area (Å²) in [5.41, 5.74) is 11.8. The largest absolute Gasteiger partial charge is 0.316 e. The summed E-state index contributed by atoms with van der Waals surface area (Å²) < 4.78 is 9.52. The molecule has 0 radical (unpaired) electrons. The highest BCUT2D eigenvalue weighted by atomic mass is 15.0. The van der Waals surface area contributed by atoms with Crippen molar-refractivity contribution in [2.75, 3.05) is 0 Å². The lowest BCUT2D eigenvalue weighted by Gasteiger charge is -2.13. The second-order valence-electron chi connectivity index (χ2n) is 13.1. The van der Waals surface area contributed by atoms with Crippen LogP contribution in [0.4, 0.5) is 0 Å². The Bertz CT molecular complexity index is 2870. The first kappa shape index (κ1) is 27.2. The minimum atomic E-state index is 1.13. The lowest BCUT2D eigenvalue weighted by Crippen LogP contribution is -1.99. The molecule has 4 nitrogen and oxygen atoms in total. The number of para-hydroxylation sites is 4. The summed E-state index contributed by atoms with van der Waals surface area (Å²) in [4.78, 5) is 0. The first-order valence-corrected chi connectivity index (χ1v) is 17.1. The van der Waals surface area contributed by atoms with E-state index in [1.54, 1.807) is 0 Å². The molecule has 4 heteroatoms. The second kappa shape index (κ2) is 10.4. The Morgan fingerprint density at radius 2 is 0.720 bits per heavy atom. The number of benzene rings is 7. The molecule has 0 saturated carbocycles. The van der Waals surface area contributed by atoms with Crippen LogP contribution in [0.25, 0.3) is 88.2 Å². The Morgan fingerprint density at radius 3 is 1.20 bits per heavy atom. The van der Waals surface area contributed by atoms with Gasteiger partial charge in [0, 0.05) is 67.5 Å². The average molecular weight is 639 g/mol. The van der Waals surface area contributed by atoms with Crippen LogP contribution in [0, 0.1) is 0 Å². The number of hydrogen-bond donors (Lipinski definition) is 0. The van der Waals surface area contributed by atoms with Crippen molar-refractivity contribution >= 4 is 65.4 Å². The molecule has 4 heterocycles. The highest BCUT2D eigenvalue weighted by molar-refractivity contribution is 6.22. The van der Waals surface area contributed by atoms with E-state index in [1.165, 1.54) is 65.4 Å². The standard InChI is InChI=1S/C46H30N4/c1-3-12-33(13-4-1)47-28-26-31-22-24-41-43(45(31)47)37-18-7-9-20-39(37)49(41)35-16-11-17-36(30-35)50-40-21-10-8-19-38(40)44-42(50)25-23-32-27-29-48(46(32)44)34-14-5-2-6-15-34/h1-30H. The second-order valence-corrected chi connectivity index (χ2v) is 13.1. The van der Waals surface area contributed by atoms with Crippen molar-refractivity contribution in [1.29, 1.82) is 0 Å². The predicted octanol–water partition coefficient (Wildman–Crippen LogP) is 11.8. The van der Waals surface area contributed by atoms with Crippen LogP contribution < -0.4 is 0 Å². The van der Waals surface area contributed by atoms with E-state index < -0.39 is 0 Å². The Morgan fingerprint density at radius 1 is 0.300 bits per heavy atom. The fourth-order valence-electron chi connectivity index (χ4n) is 8.30. The number of hydrogen-bond acceptors (Lipinski definition) is 0. The molecule has 0 fully saturated rings. The number of nitrogens with zero attached hydrogens (tertiary/aromatic N) is 4. The lowest BCUT2D eigenvalue weighted by atomic mass is 10.1. The Kier molecular flexibility index (Phi) is 5.63. The lowest BCUT2D eigenvalue weighted by molar-refractivity contribution is 1.13. The van der Waals surface area contributed by atoms with Gasteiger partial charge in [0.15, 0.2) is 0 Å². The Hall–Kier alpha value is -6.78. The highest BCUT2D eigenvalue weighted by Crippen LogP contribution is 2.41. The molecule has 0 aliphatic rings. The van der Waals surface area contributed by atoms with E-state index in [9.17, 15) is 0 Å². The monoisotopic (exact) mass is 638 g/mol. The van der Waals surface area contributed by atoms with Gasteiger partial charge in [-0.15, -0.1) is 0 Å². The quantitative estimate of drug-likeness (QED) is 0.183. The zero-order chi connectivity index (χ0) is 32.8. The Balaban J connectivity index is 1.19. The molecular weight excluding hydrogens is 609 g/mol. The van der Waals surface area contributed by atoms with Crippen LogP contribution >= 0.6 is 0 Å². The molecular formula is C46H30N4. The first-order chi connectivity index (χ1) is 24.8. The minimum absolute atomic E-state index is 1.13. The average Bonchev–Trinajstić information content (AvgIpc) is 3.96. The summed E-state index contributed by atoms with van der Waals surface area (Å²) >= 11 is 0. The van der Waals surface area contributed by atoms with E-state index in [0.29, 0.717) is 0 Å². The summed E-state index contributed by atoms with van der Waals surface area (Å²) in [5, 5.41) is 7.48. The van der Waals surface area contributed by atoms with E-state index >= 15 is 0 Å². The van der Waals surface area contributed by atoms with Crippen molar-refractivity contribution < 1.29 is 0 Å². The van der Waals surface area contributed by atoms with Crippen LogP contribution in [0.5, 0.6) is 0 Å². The molecule has 50 heavy (non-hydrogen) atoms. The van der Waals surface area contributed by atoms with Gasteiger partial charge in [0.1, 0.15) is 0 Å². The molecule has 4 aromatic heterocycles. The fraction of sp³-hybridized carbons (Fsp3) is 0. The molecule has 0 unspecified atom stereocenters. The third-order valence-corrected chi connectivity index (χ3v) is 10.4.